The Morgan fingerprint density at radius 3 is 1.38 bits per heavy atom. The Morgan fingerprint density at radius 1 is 0.875 bits per heavy atom. The number of nitrogens with one attached hydrogen (secondary N) is 4. The fraction of sp³-hybridized carbons (Fsp3) is 0.667. The quantitative estimate of drug-likeness (QED) is 0.217. The molecule has 0 aromatic rings. The maximum atomic E-state index is 4.99. The number of hydrazine groups is 2. The lowest BCUT2D eigenvalue weighted by molar-refractivity contribution is 0.917. The van der Waals surface area contributed by atoms with Crippen molar-refractivity contribution >= 4 is 36.7 Å². The van der Waals surface area contributed by atoms with Crippen LogP contribution in [0.2, 0.25) is 0 Å². The van der Waals surface area contributed by atoms with Crippen LogP contribution < -0.4 is 33.2 Å². The first-order valence-corrected chi connectivity index (χ1v) is 4.36. The van der Waals surface area contributed by atoms with Crippen molar-refractivity contribution in [1.29, 1.82) is 0 Å². The van der Waals surface area contributed by atoms with Crippen LogP contribution in [0.1, 0.15) is 0 Å². The molecule has 2 aliphatic heterocycles. The highest BCUT2D eigenvalue weighted by atomic mass is 35.5. The highest BCUT2D eigenvalue weighted by molar-refractivity contribution is 5.85. The molecule has 96 valence electrons. The zero-order valence-electron chi connectivity index (χ0n) is 8.69. The molecule has 0 saturated carbocycles. The van der Waals surface area contributed by atoms with Crippen LogP contribution in [0.5, 0.6) is 0 Å². The Kier molecular flexibility index (Phi) is 11.5. The first kappa shape index (κ1) is 17.4. The summed E-state index contributed by atoms with van der Waals surface area (Å²) >= 11 is 0. The summed E-state index contributed by atoms with van der Waals surface area (Å²) in [5.74, 6) is 11.4. The number of aliphatic imine (C=N–C) groups is 2. The van der Waals surface area contributed by atoms with Crippen LogP contribution >= 0.6 is 24.8 Å². The number of nitrogens with zero attached hydrogens (tertiary/aromatic N) is 2. The third-order valence-corrected chi connectivity index (χ3v) is 1.62. The summed E-state index contributed by atoms with van der Waals surface area (Å²) in [6.07, 6.45) is 0. The standard InChI is InChI=1S/2C3H8N4.2ClH/c2*4-7-3-5-1-2-6-3;;/h2*1-2,4H2,(H2,5,6,7);2*1H. The van der Waals surface area contributed by atoms with Crippen LogP contribution in [0.3, 0.4) is 0 Å². The molecule has 0 amide bonds. The lowest BCUT2D eigenvalue weighted by atomic mass is 10.7. The fourth-order valence-electron chi connectivity index (χ4n) is 0.989. The van der Waals surface area contributed by atoms with Gasteiger partial charge in [-0.2, -0.15) is 0 Å². The molecule has 0 aliphatic carbocycles. The van der Waals surface area contributed by atoms with Gasteiger partial charge in [0.25, 0.3) is 0 Å². The largest absolute Gasteiger partial charge is 0.353 e. The van der Waals surface area contributed by atoms with Crippen LogP contribution in [0.15, 0.2) is 9.98 Å². The Balaban J connectivity index is 0. The Hall–Kier alpha value is -0.960. The molecule has 0 unspecified atom stereocenters. The maximum Gasteiger partial charge on any atom is 0.205 e. The van der Waals surface area contributed by atoms with Gasteiger partial charge in [-0.15, -0.1) is 24.8 Å². The highest BCUT2D eigenvalue weighted by Gasteiger charge is 1.99. The molecule has 8 nitrogen and oxygen atoms in total. The lowest BCUT2D eigenvalue weighted by Gasteiger charge is -1.95. The molecular formula is C6H18Cl2N8. The van der Waals surface area contributed by atoms with Crippen molar-refractivity contribution in [1.82, 2.24) is 21.5 Å². The molecule has 0 aromatic carbocycles. The molecule has 0 spiro atoms. The molecule has 2 rings (SSSR count). The first-order chi connectivity index (χ1) is 6.86. The van der Waals surface area contributed by atoms with E-state index in [-0.39, 0.29) is 24.8 Å². The summed E-state index contributed by atoms with van der Waals surface area (Å²) in [6.45, 7) is 3.47. The van der Waals surface area contributed by atoms with Gasteiger partial charge in [0.1, 0.15) is 0 Å². The third-order valence-electron chi connectivity index (χ3n) is 1.62. The molecule has 0 fully saturated rings. The molecular weight excluding hydrogens is 255 g/mol. The molecule has 0 aromatic heterocycles. The van der Waals surface area contributed by atoms with E-state index < -0.39 is 0 Å². The van der Waals surface area contributed by atoms with E-state index in [1.807, 2.05) is 0 Å². The van der Waals surface area contributed by atoms with Crippen molar-refractivity contribution in [3.63, 3.8) is 0 Å². The normalized spacial score (nSPS) is 15.9. The van der Waals surface area contributed by atoms with E-state index in [1.165, 1.54) is 0 Å². The second-order valence-electron chi connectivity index (χ2n) is 2.60. The van der Waals surface area contributed by atoms with Gasteiger partial charge < -0.3 is 10.6 Å². The summed E-state index contributed by atoms with van der Waals surface area (Å²) in [4.78, 5) is 7.85. The van der Waals surface area contributed by atoms with Crippen molar-refractivity contribution in [2.24, 2.45) is 21.7 Å². The van der Waals surface area contributed by atoms with E-state index >= 15 is 0 Å². The van der Waals surface area contributed by atoms with E-state index in [0.29, 0.717) is 11.9 Å². The molecule has 2 aliphatic rings. The van der Waals surface area contributed by atoms with Gasteiger partial charge in [-0.25, -0.2) is 11.7 Å². The van der Waals surface area contributed by atoms with Gasteiger partial charge in [0.2, 0.25) is 11.9 Å². The second kappa shape index (κ2) is 10.6. The third kappa shape index (κ3) is 6.51. The molecule has 0 atom stereocenters. The zero-order valence-corrected chi connectivity index (χ0v) is 10.3. The number of guanidine groups is 2. The summed E-state index contributed by atoms with van der Waals surface area (Å²) in [7, 11) is 0. The van der Waals surface area contributed by atoms with E-state index in [0.717, 1.165) is 26.2 Å². The molecule has 2 heterocycles. The molecule has 0 radical (unpaired) electrons. The molecule has 0 bridgehead atoms. The van der Waals surface area contributed by atoms with Gasteiger partial charge in [-0.3, -0.25) is 20.8 Å². The van der Waals surface area contributed by atoms with E-state index in [4.69, 9.17) is 11.7 Å². The highest BCUT2D eigenvalue weighted by Crippen LogP contribution is 1.77. The second-order valence-corrected chi connectivity index (χ2v) is 2.60. The number of hydrogen-bond acceptors (Lipinski definition) is 8. The Morgan fingerprint density at radius 2 is 1.25 bits per heavy atom. The average Bonchev–Trinajstić information content (AvgIpc) is 2.92. The molecule has 16 heavy (non-hydrogen) atoms. The zero-order chi connectivity index (χ0) is 10.2. The minimum atomic E-state index is 0. The number of hydrogen-bond donors (Lipinski definition) is 6. The van der Waals surface area contributed by atoms with Crippen molar-refractivity contribution in [3.05, 3.63) is 0 Å². The summed E-state index contributed by atoms with van der Waals surface area (Å²) in [5.41, 5.74) is 4.81. The minimum Gasteiger partial charge on any atom is -0.353 e. The molecule has 0 saturated heterocycles. The van der Waals surface area contributed by atoms with Gasteiger partial charge >= 0.3 is 0 Å². The van der Waals surface area contributed by atoms with Crippen LogP contribution in [0.4, 0.5) is 0 Å². The lowest BCUT2D eigenvalue weighted by Crippen LogP contribution is -2.38. The SMILES string of the molecule is Cl.Cl.NNC1=NCCN1.NNC1=NCCN1. The van der Waals surface area contributed by atoms with Crippen molar-refractivity contribution in [3.8, 4) is 0 Å². The fourth-order valence-corrected chi connectivity index (χ4v) is 0.989. The first-order valence-electron chi connectivity index (χ1n) is 4.36. The monoisotopic (exact) mass is 272 g/mol. The topological polar surface area (TPSA) is 125 Å². The number of halogens is 2. The maximum absolute atomic E-state index is 4.99. The Labute approximate surface area is 106 Å². The summed E-state index contributed by atoms with van der Waals surface area (Å²) in [5, 5.41) is 5.84. The number of nitrogens with two attached hydrogens (primary N) is 2. The predicted octanol–water partition coefficient (Wildman–Crippen LogP) is -2.34. The van der Waals surface area contributed by atoms with Crippen molar-refractivity contribution in [2.75, 3.05) is 26.2 Å². The van der Waals surface area contributed by atoms with E-state index in [1.54, 1.807) is 0 Å². The average molecular weight is 273 g/mol. The van der Waals surface area contributed by atoms with Crippen molar-refractivity contribution < 1.29 is 0 Å². The Bertz CT molecular complexity index is 207. The van der Waals surface area contributed by atoms with E-state index in [2.05, 4.69) is 31.5 Å². The van der Waals surface area contributed by atoms with Gasteiger partial charge in [0.15, 0.2) is 0 Å². The van der Waals surface area contributed by atoms with Gasteiger partial charge in [-0.1, -0.05) is 0 Å². The molecule has 8 N–H and O–H groups in total. The van der Waals surface area contributed by atoms with Crippen LogP contribution in [0, 0.1) is 0 Å². The minimum absolute atomic E-state index is 0. The number of rotatable bonds is 0. The molecule has 10 heteroatoms. The summed E-state index contributed by atoms with van der Waals surface area (Å²) in [6, 6.07) is 0. The van der Waals surface area contributed by atoms with Gasteiger partial charge in [0.05, 0.1) is 13.1 Å². The summed E-state index contributed by atoms with van der Waals surface area (Å²) < 4.78 is 0. The van der Waals surface area contributed by atoms with Crippen LogP contribution in [-0.2, 0) is 0 Å². The smallest absolute Gasteiger partial charge is 0.205 e. The van der Waals surface area contributed by atoms with Gasteiger partial charge in [0, 0.05) is 13.1 Å². The van der Waals surface area contributed by atoms with E-state index in [9.17, 15) is 0 Å². The van der Waals surface area contributed by atoms with Crippen LogP contribution in [0.25, 0.3) is 0 Å². The van der Waals surface area contributed by atoms with Crippen molar-refractivity contribution in [2.45, 2.75) is 0 Å². The van der Waals surface area contributed by atoms with Gasteiger partial charge in [-0.05, 0) is 0 Å². The van der Waals surface area contributed by atoms with Crippen LogP contribution in [-0.4, -0.2) is 38.1 Å². The predicted molar refractivity (Wildman–Crippen MR) is 69.8 cm³/mol.